The fraction of sp³-hybridized carbons (Fsp3) is 0.273. The minimum Gasteiger partial charge on any atom is -0.490 e. The quantitative estimate of drug-likeness (QED) is 0.455. The summed E-state index contributed by atoms with van der Waals surface area (Å²) >= 11 is 0. The molecule has 0 fully saturated rings. The first-order chi connectivity index (χ1) is 13.0. The van der Waals surface area contributed by atoms with E-state index in [9.17, 15) is 9.59 Å². The molecule has 1 atom stereocenters. The van der Waals surface area contributed by atoms with E-state index in [2.05, 4.69) is 0 Å². The van der Waals surface area contributed by atoms with E-state index in [-0.39, 0.29) is 5.78 Å². The number of ether oxygens (including phenoxy) is 3. The number of benzene rings is 2. The van der Waals surface area contributed by atoms with Crippen LogP contribution in [-0.2, 0) is 9.53 Å². The molecule has 1 heterocycles. The van der Waals surface area contributed by atoms with Crippen LogP contribution in [0.1, 0.15) is 34.8 Å². The number of carbonyl (C=O) groups is 2. The predicted molar refractivity (Wildman–Crippen MR) is 102 cm³/mol. The lowest BCUT2D eigenvalue weighted by molar-refractivity contribution is -0.140. The summed E-state index contributed by atoms with van der Waals surface area (Å²) in [5.74, 6) is 0.554. The number of carbonyl (C=O) groups excluding carboxylic acids is 2. The summed E-state index contributed by atoms with van der Waals surface area (Å²) in [6.07, 6.45) is 2.91. The van der Waals surface area contributed by atoms with Crippen LogP contribution < -0.4 is 9.47 Å². The predicted octanol–water partition coefficient (Wildman–Crippen LogP) is 3.98. The number of fused-ring (bicyclic) bond motifs is 1. The van der Waals surface area contributed by atoms with Crippen molar-refractivity contribution in [3.63, 3.8) is 0 Å². The molecule has 0 saturated carbocycles. The van der Waals surface area contributed by atoms with Crippen LogP contribution >= 0.6 is 0 Å². The number of ketones is 1. The van der Waals surface area contributed by atoms with E-state index >= 15 is 0 Å². The molecule has 27 heavy (non-hydrogen) atoms. The number of rotatable bonds is 5. The van der Waals surface area contributed by atoms with Gasteiger partial charge in [-0.15, -0.1) is 0 Å². The Hall–Kier alpha value is -3.08. The molecule has 5 nitrogen and oxygen atoms in total. The SMILES string of the molecule is Cc1ccc(C(=O)[C@@H](C)OC(=O)/C=C/c2ccc3c(c2)OCCCO3)cc1. The molecule has 0 aromatic heterocycles. The molecule has 140 valence electrons. The Labute approximate surface area is 158 Å². The van der Waals surface area contributed by atoms with E-state index in [1.54, 1.807) is 25.1 Å². The highest BCUT2D eigenvalue weighted by molar-refractivity contribution is 6.01. The Balaban J connectivity index is 1.60. The van der Waals surface area contributed by atoms with Crippen LogP contribution in [0.4, 0.5) is 0 Å². The minimum absolute atomic E-state index is 0.229. The monoisotopic (exact) mass is 366 g/mol. The molecule has 5 heteroatoms. The lowest BCUT2D eigenvalue weighted by Gasteiger charge is -2.11. The van der Waals surface area contributed by atoms with Gasteiger partial charge in [0, 0.05) is 18.1 Å². The Morgan fingerprint density at radius 3 is 2.48 bits per heavy atom. The average molecular weight is 366 g/mol. The van der Waals surface area contributed by atoms with Crippen LogP contribution in [0.5, 0.6) is 11.5 Å². The zero-order valence-corrected chi connectivity index (χ0v) is 15.4. The van der Waals surface area contributed by atoms with Crippen molar-refractivity contribution in [2.75, 3.05) is 13.2 Å². The van der Waals surface area contributed by atoms with Crippen LogP contribution in [0.2, 0.25) is 0 Å². The molecular formula is C22H22O5. The van der Waals surface area contributed by atoms with Gasteiger partial charge in [-0.25, -0.2) is 4.79 Å². The smallest absolute Gasteiger partial charge is 0.331 e. The summed E-state index contributed by atoms with van der Waals surface area (Å²) in [7, 11) is 0. The van der Waals surface area contributed by atoms with Gasteiger partial charge >= 0.3 is 5.97 Å². The summed E-state index contributed by atoms with van der Waals surface area (Å²) in [5, 5.41) is 0. The first-order valence-electron chi connectivity index (χ1n) is 8.92. The number of aryl methyl sites for hydroxylation is 1. The van der Waals surface area contributed by atoms with Gasteiger partial charge in [-0.3, -0.25) is 4.79 Å². The van der Waals surface area contributed by atoms with Gasteiger partial charge in [0.15, 0.2) is 17.6 Å². The molecule has 0 amide bonds. The second-order valence-corrected chi connectivity index (χ2v) is 6.40. The third kappa shape index (κ3) is 4.97. The van der Waals surface area contributed by atoms with Gasteiger partial charge in [0.1, 0.15) is 0 Å². The summed E-state index contributed by atoms with van der Waals surface area (Å²) in [4.78, 5) is 24.4. The van der Waals surface area contributed by atoms with E-state index < -0.39 is 12.1 Å². The molecule has 0 unspecified atom stereocenters. The Morgan fingerprint density at radius 1 is 1.04 bits per heavy atom. The van der Waals surface area contributed by atoms with Crippen molar-refractivity contribution in [3.8, 4) is 11.5 Å². The fourth-order valence-electron chi connectivity index (χ4n) is 2.67. The second kappa shape index (κ2) is 8.54. The van der Waals surface area contributed by atoms with E-state index in [1.165, 1.54) is 6.08 Å². The molecule has 1 aliphatic heterocycles. The molecular weight excluding hydrogens is 344 g/mol. The summed E-state index contributed by atoms with van der Waals surface area (Å²) in [6, 6.07) is 12.6. The van der Waals surface area contributed by atoms with Gasteiger partial charge in [-0.2, -0.15) is 0 Å². The molecule has 2 aromatic rings. The number of hydrogen-bond acceptors (Lipinski definition) is 5. The maximum atomic E-state index is 12.3. The summed E-state index contributed by atoms with van der Waals surface area (Å²) < 4.78 is 16.4. The van der Waals surface area contributed by atoms with Crippen molar-refractivity contribution in [2.45, 2.75) is 26.4 Å². The lowest BCUT2D eigenvalue weighted by Crippen LogP contribution is -2.23. The molecule has 0 N–H and O–H groups in total. The van der Waals surface area contributed by atoms with Crippen LogP contribution in [-0.4, -0.2) is 31.1 Å². The van der Waals surface area contributed by atoms with E-state index in [0.717, 1.165) is 17.5 Å². The first-order valence-corrected chi connectivity index (χ1v) is 8.92. The molecule has 0 spiro atoms. The van der Waals surface area contributed by atoms with Crippen LogP contribution in [0.3, 0.4) is 0 Å². The Kier molecular flexibility index (Phi) is 5.91. The second-order valence-electron chi connectivity index (χ2n) is 6.40. The van der Waals surface area contributed by atoms with Crippen molar-refractivity contribution < 1.29 is 23.8 Å². The third-order valence-electron chi connectivity index (χ3n) is 4.18. The number of hydrogen-bond donors (Lipinski definition) is 0. The van der Waals surface area contributed by atoms with Gasteiger partial charge in [-0.05, 0) is 37.6 Å². The highest BCUT2D eigenvalue weighted by Crippen LogP contribution is 2.30. The molecule has 0 bridgehead atoms. The van der Waals surface area contributed by atoms with E-state index in [4.69, 9.17) is 14.2 Å². The standard InChI is InChI=1S/C22H22O5/c1-15-4-8-18(9-5-15)22(24)16(2)27-21(23)11-7-17-6-10-19-20(14-17)26-13-3-12-25-19/h4-11,14,16H,3,12-13H2,1-2H3/b11-7+/t16-/m1/s1. The highest BCUT2D eigenvalue weighted by atomic mass is 16.5. The number of Topliss-reactive ketones (excluding diaryl/α,β-unsaturated/α-hetero) is 1. The molecule has 0 radical (unpaired) electrons. The number of esters is 1. The van der Waals surface area contributed by atoms with E-state index in [0.29, 0.717) is 30.3 Å². The van der Waals surface area contributed by atoms with Crippen molar-refractivity contribution in [2.24, 2.45) is 0 Å². The van der Waals surface area contributed by atoms with Crippen molar-refractivity contribution in [3.05, 3.63) is 65.2 Å². The van der Waals surface area contributed by atoms with Gasteiger partial charge in [0.25, 0.3) is 0 Å². The molecule has 3 rings (SSSR count). The molecule has 2 aromatic carbocycles. The van der Waals surface area contributed by atoms with E-state index in [1.807, 2.05) is 37.3 Å². The zero-order valence-electron chi connectivity index (χ0n) is 15.4. The van der Waals surface area contributed by atoms with Crippen LogP contribution in [0.15, 0.2) is 48.5 Å². The van der Waals surface area contributed by atoms with Crippen LogP contribution in [0, 0.1) is 6.92 Å². The third-order valence-corrected chi connectivity index (χ3v) is 4.18. The van der Waals surface area contributed by atoms with Crippen LogP contribution in [0.25, 0.3) is 6.08 Å². The lowest BCUT2D eigenvalue weighted by atomic mass is 10.1. The summed E-state index contributed by atoms with van der Waals surface area (Å²) in [6.45, 7) is 4.74. The van der Waals surface area contributed by atoms with Gasteiger partial charge < -0.3 is 14.2 Å². The van der Waals surface area contributed by atoms with Crippen molar-refractivity contribution >= 4 is 17.8 Å². The average Bonchev–Trinajstić information content (AvgIpc) is 2.91. The summed E-state index contributed by atoms with van der Waals surface area (Å²) in [5.41, 5.74) is 2.37. The maximum Gasteiger partial charge on any atom is 0.331 e. The normalized spacial score (nSPS) is 14.4. The topological polar surface area (TPSA) is 61.8 Å². The zero-order chi connectivity index (χ0) is 19.2. The van der Waals surface area contributed by atoms with Gasteiger partial charge in [0.05, 0.1) is 13.2 Å². The van der Waals surface area contributed by atoms with Gasteiger partial charge in [-0.1, -0.05) is 35.9 Å². The fourth-order valence-corrected chi connectivity index (χ4v) is 2.67. The molecule has 0 aliphatic carbocycles. The minimum atomic E-state index is -0.853. The largest absolute Gasteiger partial charge is 0.490 e. The molecule has 0 saturated heterocycles. The van der Waals surface area contributed by atoms with Gasteiger partial charge in [0.2, 0.25) is 5.78 Å². The highest BCUT2D eigenvalue weighted by Gasteiger charge is 2.18. The van der Waals surface area contributed by atoms with Crippen molar-refractivity contribution in [1.82, 2.24) is 0 Å². The maximum absolute atomic E-state index is 12.3. The Morgan fingerprint density at radius 2 is 1.74 bits per heavy atom. The van der Waals surface area contributed by atoms with Crippen molar-refractivity contribution in [1.29, 1.82) is 0 Å². The molecule has 1 aliphatic rings. The first kappa shape index (κ1) is 18.7. The Bertz CT molecular complexity index is 852.